The molecule has 3 nitrogen and oxygen atoms in total. The van der Waals surface area contributed by atoms with Crippen LogP contribution in [0, 0.1) is 0 Å². The molecule has 0 bridgehead atoms. The van der Waals surface area contributed by atoms with Crippen LogP contribution in [0.3, 0.4) is 0 Å². The fraction of sp³-hybridized carbons (Fsp3) is 0.600. The molecule has 3 heteroatoms. The molecule has 1 aliphatic heterocycles. The maximum Gasteiger partial charge on any atom is 0.0319 e. The lowest BCUT2D eigenvalue weighted by Crippen LogP contribution is -2.30. The summed E-state index contributed by atoms with van der Waals surface area (Å²) >= 11 is 0. The zero-order chi connectivity index (χ0) is 6.24. The molecule has 0 spiro atoms. The molecule has 0 aromatic carbocycles. The number of hydrogen-bond donors (Lipinski definition) is 3. The van der Waals surface area contributed by atoms with E-state index in [-0.39, 0.29) is 0 Å². The van der Waals surface area contributed by atoms with Gasteiger partial charge < -0.3 is 10.5 Å². The third-order valence-electron chi connectivity index (χ3n) is 0.739. The van der Waals surface area contributed by atoms with Gasteiger partial charge in [0.05, 0.1) is 0 Å². The van der Waals surface area contributed by atoms with Crippen LogP contribution in [0.5, 0.6) is 0 Å². The minimum Gasteiger partial charge on any atom is -0.400 e. The summed E-state index contributed by atoms with van der Waals surface area (Å²) < 4.78 is 0. The molecule has 0 amide bonds. The zero-order valence-electron chi connectivity index (χ0n) is 5.02. The van der Waals surface area contributed by atoms with Crippen molar-refractivity contribution in [3.63, 3.8) is 0 Å². The van der Waals surface area contributed by atoms with Crippen molar-refractivity contribution < 1.29 is 5.11 Å². The van der Waals surface area contributed by atoms with Crippen molar-refractivity contribution in [1.29, 1.82) is 0 Å². The fourth-order valence-electron chi connectivity index (χ4n) is 0.429. The largest absolute Gasteiger partial charge is 0.400 e. The Bertz CT molecular complexity index is 55.4. The second-order valence-electron chi connectivity index (χ2n) is 1.26. The normalized spacial score (nSPS) is 15.8. The molecule has 1 rings (SSSR count). The van der Waals surface area contributed by atoms with E-state index in [0.29, 0.717) is 0 Å². The lowest BCUT2D eigenvalue weighted by atomic mass is 10.4. The average Bonchev–Trinajstić information content (AvgIpc) is 1.96. The molecule has 0 saturated carbocycles. The van der Waals surface area contributed by atoms with Crippen LogP contribution in [0.4, 0.5) is 0 Å². The molecule has 0 saturated heterocycles. The van der Waals surface area contributed by atoms with Crippen LogP contribution < -0.4 is 10.9 Å². The minimum absolute atomic E-state index is 1.00. The third kappa shape index (κ3) is 3.64. The molecule has 0 unspecified atom stereocenters. The number of rotatable bonds is 0. The fourth-order valence-corrected chi connectivity index (χ4v) is 0.429. The first kappa shape index (κ1) is 7.46. The summed E-state index contributed by atoms with van der Waals surface area (Å²) in [6, 6.07) is 0. The van der Waals surface area contributed by atoms with Gasteiger partial charge in [-0.15, -0.1) is 0 Å². The molecule has 0 aliphatic carbocycles. The van der Waals surface area contributed by atoms with Crippen LogP contribution in [-0.2, 0) is 0 Å². The van der Waals surface area contributed by atoms with Gasteiger partial charge in [0.15, 0.2) is 0 Å². The molecule has 0 radical (unpaired) electrons. The van der Waals surface area contributed by atoms with Gasteiger partial charge in [0, 0.05) is 19.9 Å². The first-order chi connectivity index (χ1) is 4.00. The molecule has 1 aliphatic rings. The van der Waals surface area contributed by atoms with Crippen molar-refractivity contribution in [2.45, 2.75) is 6.42 Å². The molecule has 1 heterocycles. The van der Waals surface area contributed by atoms with E-state index in [1.807, 2.05) is 6.20 Å². The number of aliphatic hydroxyl groups is 1. The number of hydrazine groups is 1. The first-order valence-electron chi connectivity index (χ1n) is 2.58. The molecule has 0 fully saturated rings. The summed E-state index contributed by atoms with van der Waals surface area (Å²) in [5, 5.41) is 7.00. The van der Waals surface area contributed by atoms with Crippen LogP contribution >= 0.6 is 0 Å². The average molecular weight is 116 g/mol. The number of hydrogen-bond acceptors (Lipinski definition) is 3. The molecule has 0 aromatic heterocycles. The number of nitrogens with one attached hydrogen (secondary N) is 2. The lowest BCUT2D eigenvalue weighted by molar-refractivity contribution is 0.399. The molecule has 0 atom stereocenters. The summed E-state index contributed by atoms with van der Waals surface area (Å²) in [7, 11) is 1.00. The number of aliphatic hydroxyl groups excluding tert-OH is 1. The van der Waals surface area contributed by atoms with Crippen molar-refractivity contribution in [2.24, 2.45) is 0 Å². The van der Waals surface area contributed by atoms with Crippen molar-refractivity contribution in [1.82, 2.24) is 10.9 Å². The van der Waals surface area contributed by atoms with Crippen LogP contribution in [0.25, 0.3) is 0 Å². The second kappa shape index (κ2) is 6.46. The summed E-state index contributed by atoms with van der Waals surface area (Å²) in [5.74, 6) is 0. The van der Waals surface area contributed by atoms with E-state index in [9.17, 15) is 0 Å². The van der Waals surface area contributed by atoms with Gasteiger partial charge in [0.1, 0.15) is 0 Å². The molecular weight excluding hydrogens is 104 g/mol. The summed E-state index contributed by atoms with van der Waals surface area (Å²) in [5.41, 5.74) is 5.80. The van der Waals surface area contributed by atoms with E-state index in [4.69, 9.17) is 5.11 Å². The van der Waals surface area contributed by atoms with Gasteiger partial charge in [0.2, 0.25) is 0 Å². The Morgan fingerprint density at radius 1 is 1.50 bits per heavy atom. The standard InChI is InChI=1S/C4H8N2.CH4O/c1-2-4-6-5-3-1;1-2/h1,3,5-6H,2,4H2;2H,1H3. The molecule has 0 aromatic rings. The highest BCUT2D eigenvalue weighted by Gasteiger charge is 1.82. The highest BCUT2D eigenvalue weighted by atomic mass is 16.2. The van der Waals surface area contributed by atoms with E-state index in [1.165, 1.54) is 0 Å². The minimum atomic E-state index is 1.00. The van der Waals surface area contributed by atoms with Crippen molar-refractivity contribution in [3.05, 3.63) is 12.3 Å². The van der Waals surface area contributed by atoms with E-state index in [1.54, 1.807) is 0 Å². The van der Waals surface area contributed by atoms with Gasteiger partial charge in [-0.2, -0.15) is 0 Å². The Hall–Kier alpha value is -0.540. The predicted octanol–water partition coefficient (Wildman–Crippen LogP) is -0.394. The van der Waals surface area contributed by atoms with Crippen LogP contribution in [0.15, 0.2) is 12.3 Å². The van der Waals surface area contributed by atoms with Crippen LogP contribution in [-0.4, -0.2) is 18.8 Å². The molecular formula is C5H12N2O. The van der Waals surface area contributed by atoms with Gasteiger partial charge in [-0.25, -0.2) is 5.43 Å². The summed E-state index contributed by atoms with van der Waals surface area (Å²) in [6.45, 7) is 1.05. The molecule has 48 valence electrons. The van der Waals surface area contributed by atoms with Gasteiger partial charge in [-0.05, 0) is 6.42 Å². The molecule has 8 heavy (non-hydrogen) atoms. The Balaban J connectivity index is 0.000000222. The Morgan fingerprint density at radius 2 is 2.25 bits per heavy atom. The van der Waals surface area contributed by atoms with Crippen molar-refractivity contribution in [2.75, 3.05) is 13.7 Å². The Labute approximate surface area is 49.4 Å². The van der Waals surface area contributed by atoms with E-state index >= 15 is 0 Å². The van der Waals surface area contributed by atoms with Gasteiger partial charge >= 0.3 is 0 Å². The van der Waals surface area contributed by atoms with Crippen LogP contribution in [0.1, 0.15) is 6.42 Å². The monoisotopic (exact) mass is 116 g/mol. The predicted molar refractivity (Wildman–Crippen MR) is 33.0 cm³/mol. The van der Waals surface area contributed by atoms with E-state index in [0.717, 1.165) is 20.1 Å². The van der Waals surface area contributed by atoms with Crippen LogP contribution in [0.2, 0.25) is 0 Å². The van der Waals surface area contributed by atoms with Gasteiger partial charge in [-0.1, -0.05) is 6.08 Å². The molecule has 3 N–H and O–H groups in total. The maximum atomic E-state index is 7.00. The lowest BCUT2D eigenvalue weighted by Gasteiger charge is -2.04. The van der Waals surface area contributed by atoms with Crippen molar-refractivity contribution in [3.8, 4) is 0 Å². The van der Waals surface area contributed by atoms with Crippen molar-refractivity contribution >= 4 is 0 Å². The highest BCUT2D eigenvalue weighted by Crippen LogP contribution is 1.79. The first-order valence-corrected chi connectivity index (χ1v) is 2.58. The Kier molecular flexibility index (Phi) is 6.02. The summed E-state index contributed by atoms with van der Waals surface area (Å²) in [6.07, 6.45) is 5.15. The van der Waals surface area contributed by atoms with E-state index < -0.39 is 0 Å². The highest BCUT2D eigenvalue weighted by molar-refractivity contribution is 4.82. The maximum absolute atomic E-state index is 7.00. The SMILES string of the molecule is C1=CNNCC1.CO. The van der Waals surface area contributed by atoms with E-state index in [2.05, 4.69) is 16.9 Å². The topological polar surface area (TPSA) is 44.3 Å². The Morgan fingerprint density at radius 3 is 2.38 bits per heavy atom. The zero-order valence-corrected chi connectivity index (χ0v) is 5.02. The quantitative estimate of drug-likeness (QED) is 0.404. The second-order valence-corrected chi connectivity index (χ2v) is 1.26. The summed E-state index contributed by atoms with van der Waals surface area (Å²) in [4.78, 5) is 0. The smallest absolute Gasteiger partial charge is 0.0319 e. The van der Waals surface area contributed by atoms with Gasteiger partial charge in [-0.3, -0.25) is 0 Å². The third-order valence-corrected chi connectivity index (χ3v) is 0.739. The van der Waals surface area contributed by atoms with Gasteiger partial charge in [0.25, 0.3) is 0 Å².